The number of ether oxygens (including phenoxy) is 2. The van der Waals surface area contributed by atoms with Gasteiger partial charge in [0.05, 0.1) is 18.1 Å². The zero-order valence-electron chi connectivity index (χ0n) is 22.2. The van der Waals surface area contributed by atoms with Crippen molar-refractivity contribution in [1.29, 1.82) is 0 Å². The molecule has 4 aromatic rings. The van der Waals surface area contributed by atoms with Crippen LogP contribution in [0.2, 0.25) is 5.02 Å². The summed E-state index contributed by atoms with van der Waals surface area (Å²) in [6, 6.07) is 16.0. The molecular formula is C29H31ClN4O4. The quantitative estimate of drug-likeness (QED) is 0.236. The van der Waals surface area contributed by atoms with Crippen molar-refractivity contribution in [2.24, 2.45) is 0 Å². The van der Waals surface area contributed by atoms with E-state index in [9.17, 15) is 4.79 Å². The Bertz CT molecular complexity index is 1430. The van der Waals surface area contributed by atoms with Crippen LogP contribution in [-0.2, 0) is 20.9 Å². The Morgan fingerprint density at radius 1 is 1.08 bits per heavy atom. The summed E-state index contributed by atoms with van der Waals surface area (Å²) >= 11 is 6.43. The monoisotopic (exact) mass is 534 g/mol. The number of hydrogen-bond acceptors (Lipinski definition) is 8. The largest absolute Gasteiger partial charge is 0.460 e. The summed E-state index contributed by atoms with van der Waals surface area (Å²) in [5.41, 5.74) is 5.32. The predicted octanol–water partition coefficient (Wildman–Crippen LogP) is 6.72. The summed E-state index contributed by atoms with van der Waals surface area (Å²) in [7, 11) is 1.67. The minimum absolute atomic E-state index is 0.193. The first-order valence-corrected chi connectivity index (χ1v) is 12.7. The first-order valence-electron chi connectivity index (χ1n) is 12.3. The number of methoxy groups -OCH3 is 1. The first-order chi connectivity index (χ1) is 18.1. The summed E-state index contributed by atoms with van der Waals surface area (Å²) < 4.78 is 16.3. The van der Waals surface area contributed by atoms with Crippen LogP contribution in [0.3, 0.4) is 0 Å². The average Bonchev–Trinajstić information content (AvgIpc) is 3.35. The summed E-state index contributed by atoms with van der Waals surface area (Å²) in [5.74, 6) is 0.909. The summed E-state index contributed by atoms with van der Waals surface area (Å²) in [6.45, 7) is 8.37. The highest BCUT2D eigenvalue weighted by molar-refractivity contribution is 6.33. The maximum atomic E-state index is 11.9. The van der Waals surface area contributed by atoms with Crippen LogP contribution >= 0.6 is 11.6 Å². The maximum absolute atomic E-state index is 11.9. The number of hydrogen-bond donors (Lipinski definition) is 1. The number of aryl methyl sites for hydroxylation is 1. The molecule has 0 bridgehead atoms. The van der Waals surface area contributed by atoms with E-state index in [1.165, 1.54) is 5.56 Å². The zero-order chi connectivity index (χ0) is 27.3. The van der Waals surface area contributed by atoms with Gasteiger partial charge in [-0.2, -0.15) is 4.98 Å². The second kappa shape index (κ2) is 11.8. The average molecular weight is 535 g/mol. The predicted molar refractivity (Wildman–Crippen MR) is 148 cm³/mol. The van der Waals surface area contributed by atoms with Crippen molar-refractivity contribution in [3.63, 3.8) is 0 Å². The van der Waals surface area contributed by atoms with Crippen LogP contribution in [-0.4, -0.2) is 40.3 Å². The molecule has 0 saturated heterocycles. The number of carbonyl (C=O) groups excluding carboxylic acids is 1. The fraction of sp³-hybridized carbons (Fsp3) is 0.310. The Hall–Kier alpha value is -3.75. The molecule has 198 valence electrons. The van der Waals surface area contributed by atoms with E-state index in [0.717, 1.165) is 22.3 Å². The first kappa shape index (κ1) is 27.3. The molecule has 38 heavy (non-hydrogen) atoms. The Labute approximate surface area is 227 Å². The van der Waals surface area contributed by atoms with Crippen molar-refractivity contribution in [2.75, 3.05) is 19.0 Å². The number of pyridine rings is 1. The van der Waals surface area contributed by atoms with Gasteiger partial charge in [-0.3, -0.25) is 4.79 Å². The fourth-order valence-corrected chi connectivity index (χ4v) is 4.20. The second-order valence-electron chi connectivity index (χ2n) is 9.86. The molecule has 0 aliphatic heterocycles. The fourth-order valence-electron chi connectivity index (χ4n) is 3.96. The van der Waals surface area contributed by atoms with Crippen molar-refractivity contribution in [1.82, 2.24) is 15.1 Å². The number of carbonyl (C=O) groups is 1. The van der Waals surface area contributed by atoms with Crippen molar-refractivity contribution in [3.05, 3.63) is 70.9 Å². The standard InChI is InChI=1S/C29H31ClN4O4/c1-18-8-6-7-9-22(18)23-11-10-19(14-21(23)17-36-5)28-33-26(34-38-28)20-15-24(30)27(32-16-20)31-13-12-25(35)37-29(2,3)4/h6-11,14-16H,12-13,17H2,1-5H3,(H,31,32). The number of esters is 1. The number of benzene rings is 2. The molecule has 0 unspecified atom stereocenters. The lowest BCUT2D eigenvalue weighted by Crippen LogP contribution is -2.25. The molecule has 0 aliphatic carbocycles. The van der Waals surface area contributed by atoms with Crippen LogP contribution in [0, 0.1) is 6.92 Å². The third kappa shape index (κ3) is 6.76. The minimum atomic E-state index is -0.521. The van der Waals surface area contributed by atoms with E-state index in [1.54, 1.807) is 19.4 Å². The lowest BCUT2D eigenvalue weighted by atomic mass is 9.94. The molecule has 0 atom stereocenters. The van der Waals surface area contributed by atoms with Crippen molar-refractivity contribution in [2.45, 2.75) is 46.3 Å². The second-order valence-corrected chi connectivity index (χ2v) is 10.3. The highest BCUT2D eigenvalue weighted by atomic mass is 35.5. The Kier molecular flexibility index (Phi) is 8.44. The van der Waals surface area contributed by atoms with Gasteiger partial charge in [-0.05, 0) is 68.1 Å². The van der Waals surface area contributed by atoms with Crippen LogP contribution in [0.15, 0.2) is 59.3 Å². The number of nitrogens with one attached hydrogen (secondary N) is 1. The van der Waals surface area contributed by atoms with Gasteiger partial charge in [-0.1, -0.05) is 47.1 Å². The molecule has 2 heterocycles. The summed E-state index contributed by atoms with van der Waals surface area (Å²) in [4.78, 5) is 20.8. The van der Waals surface area contributed by atoms with E-state index >= 15 is 0 Å². The molecule has 0 saturated carbocycles. The van der Waals surface area contributed by atoms with Crippen molar-refractivity contribution >= 4 is 23.4 Å². The zero-order valence-corrected chi connectivity index (χ0v) is 22.9. The van der Waals surface area contributed by atoms with E-state index in [1.807, 2.05) is 51.1 Å². The molecule has 0 fully saturated rings. The van der Waals surface area contributed by atoms with Gasteiger partial charge < -0.3 is 19.3 Å². The lowest BCUT2D eigenvalue weighted by molar-refractivity contribution is -0.154. The molecule has 8 nitrogen and oxygen atoms in total. The van der Waals surface area contributed by atoms with E-state index < -0.39 is 5.60 Å². The lowest BCUT2D eigenvalue weighted by Gasteiger charge is -2.19. The highest BCUT2D eigenvalue weighted by Crippen LogP contribution is 2.32. The molecule has 0 radical (unpaired) electrons. The van der Waals surface area contributed by atoms with E-state index in [2.05, 4.69) is 39.5 Å². The Morgan fingerprint density at radius 3 is 2.58 bits per heavy atom. The van der Waals surface area contributed by atoms with E-state index in [4.69, 9.17) is 25.6 Å². The van der Waals surface area contributed by atoms with Gasteiger partial charge in [-0.25, -0.2) is 4.98 Å². The van der Waals surface area contributed by atoms with E-state index in [-0.39, 0.29) is 12.4 Å². The molecule has 9 heteroatoms. The number of anilines is 1. The van der Waals surface area contributed by atoms with Gasteiger partial charge in [0, 0.05) is 31.0 Å². The molecule has 0 amide bonds. The van der Waals surface area contributed by atoms with Crippen LogP contribution in [0.5, 0.6) is 0 Å². The molecule has 2 aromatic carbocycles. The van der Waals surface area contributed by atoms with Gasteiger partial charge >= 0.3 is 5.97 Å². The topological polar surface area (TPSA) is 99.4 Å². The normalized spacial score (nSPS) is 11.4. The third-order valence-electron chi connectivity index (χ3n) is 5.65. The smallest absolute Gasteiger partial charge is 0.308 e. The summed E-state index contributed by atoms with van der Waals surface area (Å²) in [6.07, 6.45) is 1.80. The number of rotatable bonds is 9. The van der Waals surface area contributed by atoms with E-state index in [0.29, 0.717) is 41.3 Å². The number of nitrogens with zero attached hydrogens (tertiary/aromatic N) is 3. The van der Waals surface area contributed by atoms with Gasteiger partial charge in [0.2, 0.25) is 5.82 Å². The SMILES string of the molecule is COCc1cc(-c2nc(-c3cnc(NCCC(=O)OC(C)(C)C)c(Cl)c3)no2)ccc1-c1ccccc1C. The number of aromatic nitrogens is 3. The van der Waals surface area contributed by atoms with Crippen molar-refractivity contribution in [3.8, 4) is 34.0 Å². The molecule has 0 aliphatic rings. The van der Waals surface area contributed by atoms with Crippen LogP contribution in [0.25, 0.3) is 34.0 Å². The Morgan fingerprint density at radius 2 is 1.87 bits per heavy atom. The minimum Gasteiger partial charge on any atom is -0.460 e. The third-order valence-corrected chi connectivity index (χ3v) is 5.94. The maximum Gasteiger partial charge on any atom is 0.308 e. The summed E-state index contributed by atoms with van der Waals surface area (Å²) in [5, 5.41) is 7.56. The van der Waals surface area contributed by atoms with Crippen LogP contribution in [0.1, 0.15) is 38.3 Å². The molecule has 1 N–H and O–H groups in total. The van der Waals surface area contributed by atoms with Crippen LogP contribution < -0.4 is 5.32 Å². The van der Waals surface area contributed by atoms with Gasteiger partial charge in [-0.15, -0.1) is 0 Å². The Balaban J connectivity index is 1.49. The van der Waals surface area contributed by atoms with Crippen molar-refractivity contribution < 1.29 is 18.8 Å². The highest BCUT2D eigenvalue weighted by Gasteiger charge is 2.17. The number of halogens is 1. The molecular weight excluding hydrogens is 504 g/mol. The molecule has 0 spiro atoms. The van der Waals surface area contributed by atoms with Crippen LogP contribution in [0.4, 0.5) is 5.82 Å². The molecule has 2 aromatic heterocycles. The van der Waals surface area contributed by atoms with Gasteiger partial charge in [0.1, 0.15) is 11.4 Å². The van der Waals surface area contributed by atoms with Gasteiger partial charge in [0.15, 0.2) is 0 Å². The van der Waals surface area contributed by atoms with Gasteiger partial charge in [0.25, 0.3) is 5.89 Å². The molecule has 4 rings (SSSR count).